The van der Waals surface area contributed by atoms with E-state index in [2.05, 4.69) is 187 Å². The van der Waals surface area contributed by atoms with Gasteiger partial charge in [0.1, 0.15) is 0 Å². The van der Waals surface area contributed by atoms with Gasteiger partial charge in [0, 0.05) is 33.9 Å². The van der Waals surface area contributed by atoms with Crippen LogP contribution < -0.4 is 31.8 Å². The van der Waals surface area contributed by atoms with Gasteiger partial charge in [0.15, 0.2) is 5.79 Å². The number of rotatable bonds is 7. The molecule has 248 valence electrons. The predicted molar refractivity (Wildman–Crippen MR) is 202 cm³/mol. The second kappa shape index (κ2) is 20.3. The second-order valence-corrected chi connectivity index (χ2v) is 15.7. The Hall–Kier alpha value is -3.25. The first-order chi connectivity index (χ1) is 23.2. The van der Waals surface area contributed by atoms with E-state index in [0.29, 0.717) is 12.8 Å². The molecule has 1 fully saturated rings. The summed E-state index contributed by atoms with van der Waals surface area (Å²) in [6, 6.07) is 64.7. The van der Waals surface area contributed by atoms with Crippen molar-refractivity contribution in [1.82, 2.24) is 0 Å². The van der Waals surface area contributed by atoms with Crippen molar-refractivity contribution in [1.29, 1.82) is 0 Å². The maximum Gasteiger partial charge on any atom is 0.198 e. The molecule has 0 unspecified atom stereocenters. The molecule has 0 heterocycles. The third kappa shape index (κ3) is 11.1. The van der Waals surface area contributed by atoms with Crippen LogP contribution in [-0.2, 0) is 26.0 Å². The molecule has 0 atom stereocenters. The Morgan fingerprint density at radius 1 is 0.375 bits per heavy atom. The Labute approximate surface area is 302 Å². The molecule has 0 bridgehead atoms. The van der Waals surface area contributed by atoms with Gasteiger partial charge >= 0.3 is 0 Å². The van der Waals surface area contributed by atoms with E-state index < -0.39 is 21.6 Å². The molecule has 48 heavy (non-hydrogen) atoms. The number of hydrogen-bond donors (Lipinski definition) is 2. The molecule has 7 rings (SSSR count). The summed E-state index contributed by atoms with van der Waals surface area (Å²) in [7, 11) is -0.892. The van der Waals surface area contributed by atoms with Crippen LogP contribution in [0.15, 0.2) is 182 Å². The van der Waals surface area contributed by atoms with Crippen LogP contribution in [0, 0.1) is 0 Å². The largest absolute Gasteiger partial charge is 0.363 e. The van der Waals surface area contributed by atoms with Crippen molar-refractivity contribution in [2.45, 2.75) is 37.9 Å². The summed E-state index contributed by atoms with van der Waals surface area (Å²) < 4.78 is 0. The van der Waals surface area contributed by atoms with Gasteiger partial charge in [-0.25, -0.2) is 10.1 Å². The fourth-order valence-corrected chi connectivity index (χ4v) is 10.2. The van der Waals surface area contributed by atoms with Gasteiger partial charge in [-0.2, -0.15) is 0 Å². The van der Waals surface area contributed by atoms with E-state index in [1.165, 1.54) is 31.8 Å². The quantitative estimate of drug-likeness (QED) is 0.0742. The van der Waals surface area contributed by atoms with Crippen molar-refractivity contribution in [2.24, 2.45) is 0 Å². The number of hydrogen-bond acceptors (Lipinski definition) is 3. The Kier molecular flexibility index (Phi) is 15.9. The first-order valence-corrected chi connectivity index (χ1v) is 18.8. The topological polar surface area (TPSA) is 49.7 Å². The van der Waals surface area contributed by atoms with E-state index in [9.17, 15) is 5.11 Å². The molecule has 0 radical (unpaired) electrons. The Balaban J connectivity index is 0.000000171. The molecule has 2 N–H and O–H groups in total. The van der Waals surface area contributed by atoms with Gasteiger partial charge in [0.2, 0.25) is 0 Å². The molecule has 6 heteroatoms. The standard InChI is InChI=1S/2C18H15P.C6H12O3.Pt/c2*1-4-10-16(11-5-1)19(17-12-6-2-7-13-17)18-14-8-3-9-15-18;7-6(9-8)4-2-1-3-5-6;/h2*1-15H;7-8H,1-5H2;. The average Bonchev–Trinajstić information content (AvgIpc) is 3.15. The van der Waals surface area contributed by atoms with Crippen LogP contribution in [0.25, 0.3) is 0 Å². The first kappa shape index (κ1) is 37.6. The SMILES string of the molecule is OOC1(O)CCCCC1.[Pt].c1ccc(P(c2ccccc2)c2ccccc2)cc1.c1ccc(P(c2ccccc2)c2ccccc2)cc1. The zero-order valence-electron chi connectivity index (χ0n) is 26.9. The molecule has 0 aliphatic heterocycles. The third-order valence-corrected chi connectivity index (χ3v) is 12.8. The van der Waals surface area contributed by atoms with Gasteiger partial charge in [0.05, 0.1) is 0 Å². The van der Waals surface area contributed by atoms with Crippen molar-refractivity contribution >= 4 is 47.7 Å². The molecule has 1 aliphatic carbocycles. The Morgan fingerprint density at radius 2 is 0.583 bits per heavy atom. The molecule has 0 saturated heterocycles. The maximum absolute atomic E-state index is 9.21. The Bertz CT molecular complexity index is 1380. The minimum Gasteiger partial charge on any atom is -0.363 e. The molecule has 3 nitrogen and oxygen atoms in total. The van der Waals surface area contributed by atoms with Gasteiger partial charge < -0.3 is 5.11 Å². The third-order valence-electron chi connectivity index (χ3n) is 7.89. The van der Waals surface area contributed by atoms with E-state index in [4.69, 9.17) is 5.26 Å². The molecule has 0 spiro atoms. The van der Waals surface area contributed by atoms with Gasteiger partial charge in [-0.3, -0.25) is 0 Å². The van der Waals surface area contributed by atoms with Gasteiger partial charge in [-0.1, -0.05) is 188 Å². The summed E-state index contributed by atoms with van der Waals surface area (Å²) in [6.45, 7) is 0. The van der Waals surface area contributed by atoms with Crippen LogP contribution >= 0.6 is 15.8 Å². The molecule has 0 amide bonds. The normalized spacial score (nSPS) is 13.2. The zero-order valence-corrected chi connectivity index (χ0v) is 30.9. The van der Waals surface area contributed by atoms with Gasteiger partial charge in [0.25, 0.3) is 0 Å². The van der Waals surface area contributed by atoms with Crippen molar-refractivity contribution in [3.8, 4) is 0 Å². The van der Waals surface area contributed by atoms with Crippen LogP contribution in [0.5, 0.6) is 0 Å². The van der Waals surface area contributed by atoms with Crippen molar-refractivity contribution in [3.05, 3.63) is 182 Å². The molecule has 1 aliphatic rings. The summed E-state index contributed by atoms with van der Waals surface area (Å²) in [4.78, 5) is 3.93. The van der Waals surface area contributed by atoms with Crippen LogP contribution in [0.1, 0.15) is 32.1 Å². The van der Waals surface area contributed by atoms with Crippen molar-refractivity contribution in [3.63, 3.8) is 0 Å². The molecular weight excluding hydrogens is 809 g/mol. The zero-order chi connectivity index (χ0) is 32.6. The van der Waals surface area contributed by atoms with E-state index >= 15 is 0 Å². The van der Waals surface area contributed by atoms with E-state index in [1.807, 2.05) is 0 Å². The van der Waals surface area contributed by atoms with Crippen LogP contribution in [0.3, 0.4) is 0 Å². The van der Waals surface area contributed by atoms with E-state index in [1.54, 1.807) is 0 Å². The van der Waals surface area contributed by atoms with Gasteiger partial charge in [-0.05, 0) is 60.5 Å². The summed E-state index contributed by atoms with van der Waals surface area (Å²) >= 11 is 0. The second-order valence-electron chi connectivity index (χ2n) is 11.3. The molecular formula is C42H42O3P2Pt. The summed E-state index contributed by atoms with van der Waals surface area (Å²) in [6.07, 6.45) is 4.13. The summed E-state index contributed by atoms with van der Waals surface area (Å²) in [5.74, 6) is -1.22. The number of aliphatic hydroxyl groups is 1. The summed E-state index contributed by atoms with van der Waals surface area (Å²) in [5.41, 5.74) is 0. The minimum absolute atomic E-state index is 0. The fraction of sp³-hybridized carbons (Fsp3) is 0.143. The minimum atomic E-state index is -1.22. The Morgan fingerprint density at radius 3 is 0.750 bits per heavy atom. The van der Waals surface area contributed by atoms with Crippen LogP contribution in [-0.4, -0.2) is 16.2 Å². The van der Waals surface area contributed by atoms with Crippen LogP contribution in [0.2, 0.25) is 0 Å². The predicted octanol–water partition coefficient (Wildman–Crippen LogP) is 8.02. The smallest absolute Gasteiger partial charge is 0.198 e. The van der Waals surface area contributed by atoms with Gasteiger partial charge in [-0.15, -0.1) is 0 Å². The first-order valence-electron chi connectivity index (χ1n) is 16.1. The van der Waals surface area contributed by atoms with Crippen molar-refractivity contribution in [2.75, 3.05) is 0 Å². The molecule has 1 saturated carbocycles. The molecule has 0 aromatic heterocycles. The average molecular weight is 852 g/mol. The van der Waals surface area contributed by atoms with E-state index in [0.717, 1.165) is 19.3 Å². The number of benzene rings is 6. The maximum atomic E-state index is 9.21. The van der Waals surface area contributed by atoms with E-state index in [-0.39, 0.29) is 21.1 Å². The van der Waals surface area contributed by atoms with Crippen molar-refractivity contribution < 1.29 is 36.3 Å². The molecule has 6 aromatic rings. The monoisotopic (exact) mass is 851 g/mol. The molecule has 6 aromatic carbocycles. The fourth-order valence-electron chi connectivity index (χ4n) is 5.55. The van der Waals surface area contributed by atoms with Crippen LogP contribution in [0.4, 0.5) is 0 Å². The summed E-state index contributed by atoms with van der Waals surface area (Å²) in [5, 5.41) is 25.8.